The fourth-order valence-electron chi connectivity index (χ4n) is 1.21. The van der Waals surface area contributed by atoms with E-state index in [2.05, 4.69) is 0 Å². The molecular formula is C11H9ClFNO2. The highest BCUT2D eigenvalue weighted by Gasteiger charge is 2.08. The molecule has 0 atom stereocenters. The molecule has 0 spiro atoms. The van der Waals surface area contributed by atoms with E-state index in [1.54, 1.807) is 18.4 Å². The van der Waals surface area contributed by atoms with E-state index in [0.29, 0.717) is 11.5 Å². The molecule has 1 heterocycles. The van der Waals surface area contributed by atoms with Crippen LogP contribution in [0.4, 0.5) is 10.1 Å². The van der Waals surface area contributed by atoms with Gasteiger partial charge in [-0.25, -0.2) is 4.39 Å². The molecule has 0 aliphatic rings. The molecule has 0 aliphatic heterocycles. The SMILES string of the molecule is Nc1cc(F)c(Cl)cc1OCc1ccco1. The lowest BCUT2D eigenvalue weighted by molar-refractivity contribution is 0.271. The Balaban J connectivity index is 2.12. The predicted molar refractivity (Wildman–Crippen MR) is 58.9 cm³/mol. The molecule has 0 saturated carbocycles. The predicted octanol–water partition coefficient (Wildman–Crippen LogP) is 3.23. The number of furan rings is 1. The lowest BCUT2D eigenvalue weighted by Gasteiger charge is -2.08. The van der Waals surface area contributed by atoms with Gasteiger partial charge in [0.25, 0.3) is 0 Å². The van der Waals surface area contributed by atoms with Gasteiger partial charge in [0.1, 0.15) is 23.9 Å². The number of ether oxygens (including phenoxy) is 1. The Morgan fingerprint density at radius 2 is 2.25 bits per heavy atom. The van der Waals surface area contributed by atoms with Gasteiger partial charge >= 0.3 is 0 Å². The Morgan fingerprint density at radius 3 is 2.94 bits per heavy atom. The van der Waals surface area contributed by atoms with Gasteiger partial charge in [0.05, 0.1) is 17.0 Å². The Kier molecular flexibility index (Phi) is 3.01. The summed E-state index contributed by atoms with van der Waals surface area (Å²) in [5, 5.41) is -0.0244. The van der Waals surface area contributed by atoms with Crippen molar-refractivity contribution in [2.75, 3.05) is 5.73 Å². The van der Waals surface area contributed by atoms with Gasteiger partial charge in [0.15, 0.2) is 0 Å². The summed E-state index contributed by atoms with van der Waals surface area (Å²) in [7, 11) is 0. The fourth-order valence-corrected chi connectivity index (χ4v) is 1.37. The number of benzene rings is 1. The number of hydrogen-bond donors (Lipinski definition) is 1. The van der Waals surface area contributed by atoms with Gasteiger partial charge in [-0.15, -0.1) is 0 Å². The normalized spacial score (nSPS) is 10.4. The molecular weight excluding hydrogens is 233 g/mol. The van der Waals surface area contributed by atoms with E-state index in [1.807, 2.05) is 0 Å². The quantitative estimate of drug-likeness (QED) is 0.840. The summed E-state index contributed by atoms with van der Waals surface area (Å²) >= 11 is 5.61. The van der Waals surface area contributed by atoms with E-state index in [9.17, 15) is 4.39 Å². The Bertz CT molecular complexity index is 485. The van der Waals surface area contributed by atoms with Gasteiger partial charge in [0, 0.05) is 12.1 Å². The zero-order valence-electron chi connectivity index (χ0n) is 8.24. The second-order valence-electron chi connectivity index (χ2n) is 3.17. The smallest absolute Gasteiger partial charge is 0.146 e. The first-order chi connectivity index (χ1) is 7.66. The average Bonchev–Trinajstić information content (AvgIpc) is 2.74. The lowest BCUT2D eigenvalue weighted by Crippen LogP contribution is -1.98. The van der Waals surface area contributed by atoms with Gasteiger partial charge in [0.2, 0.25) is 0 Å². The van der Waals surface area contributed by atoms with Crippen molar-refractivity contribution in [3.05, 3.63) is 47.1 Å². The van der Waals surface area contributed by atoms with E-state index in [0.717, 1.165) is 6.07 Å². The van der Waals surface area contributed by atoms with Crippen LogP contribution >= 0.6 is 11.6 Å². The first-order valence-corrected chi connectivity index (χ1v) is 4.94. The standard InChI is InChI=1S/C11H9ClFNO2/c12-8-4-11(10(14)5-9(8)13)16-6-7-2-1-3-15-7/h1-5H,6,14H2. The summed E-state index contributed by atoms with van der Waals surface area (Å²) in [6.07, 6.45) is 1.54. The van der Waals surface area contributed by atoms with Crippen molar-refractivity contribution in [3.8, 4) is 5.75 Å². The molecule has 0 unspecified atom stereocenters. The van der Waals surface area contributed by atoms with E-state index in [-0.39, 0.29) is 17.3 Å². The molecule has 0 radical (unpaired) electrons. The van der Waals surface area contributed by atoms with Crippen LogP contribution in [-0.2, 0) is 6.61 Å². The highest BCUT2D eigenvalue weighted by Crippen LogP contribution is 2.28. The van der Waals surface area contributed by atoms with Gasteiger partial charge in [-0.3, -0.25) is 0 Å². The van der Waals surface area contributed by atoms with Crippen molar-refractivity contribution >= 4 is 17.3 Å². The van der Waals surface area contributed by atoms with Crippen molar-refractivity contribution in [3.63, 3.8) is 0 Å². The summed E-state index contributed by atoms with van der Waals surface area (Å²) in [5.74, 6) is 0.423. The second kappa shape index (κ2) is 4.45. The fraction of sp³-hybridized carbons (Fsp3) is 0.0909. The largest absolute Gasteiger partial charge is 0.483 e. The third-order valence-corrected chi connectivity index (χ3v) is 2.29. The van der Waals surface area contributed by atoms with E-state index >= 15 is 0 Å². The number of hydrogen-bond acceptors (Lipinski definition) is 3. The molecule has 2 N–H and O–H groups in total. The molecule has 84 valence electrons. The van der Waals surface area contributed by atoms with Crippen molar-refractivity contribution in [1.29, 1.82) is 0 Å². The van der Waals surface area contributed by atoms with Gasteiger partial charge in [-0.05, 0) is 12.1 Å². The number of nitrogen functional groups attached to an aromatic ring is 1. The number of nitrogens with two attached hydrogens (primary N) is 1. The minimum Gasteiger partial charge on any atom is -0.483 e. The molecule has 0 fully saturated rings. The molecule has 3 nitrogen and oxygen atoms in total. The van der Waals surface area contributed by atoms with Crippen LogP contribution in [-0.4, -0.2) is 0 Å². The molecule has 2 rings (SSSR count). The monoisotopic (exact) mass is 241 g/mol. The maximum absolute atomic E-state index is 13.0. The third-order valence-electron chi connectivity index (χ3n) is 2.00. The molecule has 1 aromatic heterocycles. The molecule has 0 bridgehead atoms. The molecule has 2 aromatic rings. The molecule has 1 aromatic carbocycles. The minimum atomic E-state index is -0.565. The summed E-state index contributed by atoms with van der Waals surface area (Å²) in [6, 6.07) is 5.98. The van der Waals surface area contributed by atoms with Crippen LogP contribution in [0.2, 0.25) is 5.02 Å². The summed E-state index contributed by atoms with van der Waals surface area (Å²) < 4.78 is 23.4. The Labute approximate surface area is 96.6 Å². The van der Waals surface area contributed by atoms with Crippen LogP contribution < -0.4 is 10.5 Å². The van der Waals surface area contributed by atoms with E-state index in [4.69, 9.17) is 26.5 Å². The summed E-state index contributed by atoms with van der Waals surface area (Å²) in [4.78, 5) is 0. The van der Waals surface area contributed by atoms with Crippen LogP contribution in [0.3, 0.4) is 0 Å². The Hall–Kier alpha value is -1.68. The minimum absolute atomic E-state index is 0.0244. The van der Waals surface area contributed by atoms with Crippen molar-refractivity contribution in [1.82, 2.24) is 0 Å². The maximum Gasteiger partial charge on any atom is 0.146 e. The molecule has 0 aliphatic carbocycles. The molecule has 0 saturated heterocycles. The number of rotatable bonds is 3. The molecule has 0 amide bonds. The van der Waals surface area contributed by atoms with Crippen molar-refractivity contribution in [2.24, 2.45) is 0 Å². The van der Waals surface area contributed by atoms with Gasteiger partial charge in [-0.2, -0.15) is 0 Å². The summed E-state index contributed by atoms with van der Waals surface area (Å²) in [6.45, 7) is 0.221. The van der Waals surface area contributed by atoms with Gasteiger partial charge in [-0.1, -0.05) is 11.6 Å². The molecule has 5 heteroatoms. The zero-order chi connectivity index (χ0) is 11.5. The number of halogens is 2. The topological polar surface area (TPSA) is 48.4 Å². The van der Waals surface area contributed by atoms with E-state index in [1.165, 1.54) is 6.07 Å². The van der Waals surface area contributed by atoms with Crippen LogP contribution in [0.1, 0.15) is 5.76 Å². The van der Waals surface area contributed by atoms with Crippen LogP contribution in [0.15, 0.2) is 34.9 Å². The van der Waals surface area contributed by atoms with E-state index < -0.39 is 5.82 Å². The molecule has 16 heavy (non-hydrogen) atoms. The Morgan fingerprint density at radius 1 is 1.44 bits per heavy atom. The third kappa shape index (κ3) is 2.28. The first kappa shape index (κ1) is 10.8. The average molecular weight is 242 g/mol. The van der Waals surface area contributed by atoms with Gasteiger partial charge < -0.3 is 14.9 Å². The van der Waals surface area contributed by atoms with Crippen LogP contribution in [0.5, 0.6) is 5.75 Å². The highest BCUT2D eigenvalue weighted by atomic mass is 35.5. The second-order valence-corrected chi connectivity index (χ2v) is 3.58. The lowest BCUT2D eigenvalue weighted by atomic mass is 10.3. The van der Waals surface area contributed by atoms with Crippen LogP contribution in [0.25, 0.3) is 0 Å². The van der Waals surface area contributed by atoms with Crippen molar-refractivity contribution in [2.45, 2.75) is 6.61 Å². The van der Waals surface area contributed by atoms with Crippen molar-refractivity contribution < 1.29 is 13.5 Å². The maximum atomic E-state index is 13.0. The zero-order valence-corrected chi connectivity index (χ0v) is 9.00. The first-order valence-electron chi connectivity index (χ1n) is 4.56. The van der Waals surface area contributed by atoms with Crippen LogP contribution in [0, 0.1) is 5.82 Å². The number of anilines is 1. The highest BCUT2D eigenvalue weighted by molar-refractivity contribution is 6.31. The summed E-state index contributed by atoms with van der Waals surface area (Å²) in [5.41, 5.74) is 5.78.